The number of hydrogen-bond acceptors (Lipinski definition) is 3. The summed E-state index contributed by atoms with van der Waals surface area (Å²) in [7, 11) is 0. The van der Waals surface area contributed by atoms with E-state index in [4.69, 9.17) is 11.6 Å². The number of hydrogen-bond donors (Lipinski definition) is 1. The molecule has 110 valence electrons. The van der Waals surface area contributed by atoms with Crippen molar-refractivity contribution in [2.75, 3.05) is 5.32 Å². The molecule has 0 saturated carbocycles. The first kappa shape index (κ1) is 14.3. The van der Waals surface area contributed by atoms with Crippen LogP contribution in [-0.4, -0.2) is 10.8 Å². The Morgan fingerprint density at radius 1 is 1.23 bits per heavy atom. The highest BCUT2D eigenvalue weighted by atomic mass is 35.5. The Balaban J connectivity index is 2.09. The summed E-state index contributed by atoms with van der Waals surface area (Å²) in [5, 5.41) is 14.3. The van der Waals surface area contributed by atoms with Gasteiger partial charge in [-0.3, -0.25) is 14.9 Å². The van der Waals surface area contributed by atoms with Crippen LogP contribution in [0, 0.1) is 17.0 Å². The van der Waals surface area contributed by atoms with Gasteiger partial charge in [-0.15, -0.1) is 0 Å². The average Bonchev–Trinajstić information content (AvgIpc) is 2.76. The fourth-order valence-corrected chi connectivity index (χ4v) is 2.56. The molecule has 0 bridgehead atoms. The molecule has 0 atom stereocenters. The highest BCUT2D eigenvalue weighted by Gasteiger charge is 2.24. The lowest BCUT2D eigenvalue weighted by molar-refractivity contribution is -0.385. The molecule has 22 heavy (non-hydrogen) atoms. The molecule has 3 rings (SSSR count). The Morgan fingerprint density at radius 2 is 2.00 bits per heavy atom. The van der Waals surface area contributed by atoms with Crippen LogP contribution in [0.1, 0.15) is 16.7 Å². The third-order valence-electron chi connectivity index (χ3n) is 3.51. The molecule has 0 fully saturated rings. The molecular formula is C16H11ClN2O3. The summed E-state index contributed by atoms with van der Waals surface area (Å²) in [6.07, 6.45) is 1.64. The number of benzene rings is 2. The Labute approximate surface area is 131 Å². The van der Waals surface area contributed by atoms with Crippen LogP contribution in [0.5, 0.6) is 0 Å². The van der Waals surface area contributed by atoms with Crippen LogP contribution in [0.15, 0.2) is 36.4 Å². The lowest BCUT2D eigenvalue weighted by Gasteiger charge is -2.01. The molecular weight excluding hydrogens is 304 g/mol. The van der Waals surface area contributed by atoms with E-state index in [0.717, 1.165) is 5.56 Å². The summed E-state index contributed by atoms with van der Waals surface area (Å²) in [4.78, 5) is 22.6. The van der Waals surface area contributed by atoms with E-state index in [2.05, 4.69) is 5.32 Å². The van der Waals surface area contributed by atoms with E-state index in [1.165, 1.54) is 6.07 Å². The van der Waals surface area contributed by atoms with Crippen molar-refractivity contribution in [2.45, 2.75) is 6.92 Å². The molecule has 1 N–H and O–H groups in total. The maximum atomic E-state index is 12.1. The zero-order valence-corrected chi connectivity index (χ0v) is 12.3. The summed E-state index contributed by atoms with van der Waals surface area (Å²) in [6.45, 7) is 1.68. The third kappa shape index (κ3) is 2.46. The molecule has 1 aliphatic rings. The number of anilines is 1. The molecule has 2 aromatic rings. The molecule has 1 heterocycles. The number of rotatable bonds is 2. The largest absolute Gasteiger partial charge is 0.321 e. The average molecular weight is 315 g/mol. The first-order valence-corrected chi connectivity index (χ1v) is 6.91. The minimum absolute atomic E-state index is 0.0316. The van der Waals surface area contributed by atoms with Gasteiger partial charge in [-0.2, -0.15) is 0 Å². The van der Waals surface area contributed by atoms with Crippen molar-refractivity contribution in [2.24, 2.45) is 0 Å². The second-order valence-corrected chi connectivity index (χ2v) is 5.44. The van der Waals surface area contributed by atoms with Crippen molar-refractivity contribution >= 4 is 40.5 Å². The number of nitrogens with one attached hydrogen (secondary N) is 1. The Morgan fingerprint density at radius 3 is 2.73 bits per heavy atom. The van der Waals surface area contributed by atoms with Gasteiger partial charge in [0.25, 0.3) is 11.6 Å². The van der Waals surface area contributed by atoms with Crippen LogP contribution < -0.4 is 5.32 Å². The van der Waals surface area contributed by atoms with Gasteiger partial charge in [0, 0.05) is 27.8 Å². The van der Waals surface area contributed by atoms with Crippen LogP contribution in [0.3, 0.4) is 0 Å². The van der Waals surface area contributed by atoms with Crippen molar-refractivity contribution < 1.29 is 9.72 Å². The number of nitro groups is 1. The second kappa shape index (κ2) is 5.27. The first-order valence-electron chi connectivity index (χ1n) is 6.54. The fraction of sp³-hybridized carbons (Fsp3) is 0.0625. The predicted molar refractivity (Wildman–Crippen MR) is 85.8 cm³/mol. The summed E-state index contributed by atoms with van der Waals surface area (Å²) < 4.78 is 0. The molecule has 1 amide bonds. The van der Waals surface area contributed by atoms with Gasteiger partial charge in [0.2, 0.25) is 0 Å². The molecule has 0 aliphatic carbocycles. The lowest BCUT2D eigenvalue weighted by Crippen LogP contribution is -2.03. The Hall–Kier alpha value is -2.66. The summed E-state index contributed by atoms with van der Waals surface area (Å²) in [5.74, 6) is -0.250. The summed E-state index contributed by atoms with van der Waals surface area (Å²) >= 11 is 5.91. The monoisotopic (exact) mass is 314 g/mol. The minimum atomic E-state index is -0.431. The number of nitro benzene ring substituents is 1. The van der Waals surface area contributed by atoms with Gasteiger partial charge in [0.15, 0.2) is 0 Å². The molecule has 5 nitrogen and oxygen atoms in total. The number of nitrogens with zero attached hydrogens (tertiary/aromatic N) is 1. The molecule has 0 unspecified atom stereocenters. The SMILES string of the molecule is Cc1ccc(C=C2C(=O)Nc3cc(Cl)ccc32)cc1[N+](=O)[O-]. The van der Waals surface area contributed by atoms with Crippen LogP contribution in [0.2, 0.25) is 5.02 Å². The Kier molecular flexibility index (Phi) is 3.42. The number of aryl methyl sites for hydroxylation is 1. The number of halogens is 1. The van der Waals surface area contributed by atoms with E-state index >= 15 is 0 Å². The molecule has 0 saturated heterocycles. The number of fused-ring (bicyclic) bond motifs is 1. The molecule has 1 aliphatic heterocycles. The second-order valence-electron chi connectivity index (χ2n) is 5.01. The highest BCUT2D eigenvalue weighted by Crippen LogP contribution is 2.35. The molecule has 2 aromatic carbocycles. The van der Waals surface area contributed by atoms with E-state index in [1.807, 2.05) is 0 Å². The van der Waals surface area contributed by atoms with E-state index < -0.39 is 4.92 Å². The van der Waals surface area contributed by atoms with Crippen molar-refractivity contribution in [3.8, 4) is 0 Å². The van der Waals surface area contributed by atoms with Crippen molar-refractivity contribution in [3.63, 3.8) is 0 Å². The standard InChI is InChI=1S/C16H11ClN2O3/c1-9-2-3-10(7-15(9)19(21)22)6-13-12-5-4-11(17)8-14(12)18-16(13)20/h2-8H,1H3,(H,18,20). The zero-order chi connectivity index (χ0) is 15.9. The van der Waals surface area contributed by atoms with E-state index in [0.29, 0.717) is 27.4 Å². The van der Waals surface area contributed by atoms with Crippen molar-refractivity contribution in [1.29, 1.82) is 0 Å². The van der Waals surface area contributed by atoms with Gasteiger partial charge >= 0.3 is 0 Å². The van der Waals surface area contributed by atoms with Gasteiger partial charge in [0.1, 0.15) is 0 Å². The van der Waals surface area contributed by atoms with Gasteiger partial charge in [-0.1, -0.05) is 29.8 Å². The molecule has 0 radical (unpaired) electrons. The van der Waals surface area contributed by atoms with Gasteiger partial charge in [-0.05, 0) is 30.7 Å². The number of amides is 1. The zero-order valence-electron chi connectivity index (χ0n) is 11.6. The van der Waals surface area contributed by atoms with Gasteiger partial charge < -0.3 is 5.32 Å². The fourth-order valence-electron chi connectivity index (χ4n) is 2.39. The maximum absolute atomic E-state index is 12.1. The normalized spacial score (nSPS) is 14.8. The molecule has 0 spiro atoms. The number of carbonyl (C=O) groups is 1. The van der Waals surface area contributed by atoms with Crippen LogP contribution >= 0.6 is 11.6 Å². The lowest BCUT2D eigenvalue weighted by atomic mass is 10.0. The van der Waals surface area contributed by atoms with E-state index in [9.17, 15) is 14.9 Å². The van der Waals surface area contributed by atoms with Crippen molar-refractivity contribution in [1.82, 2.24) is 0 Å². The van der Waals surface area contributed by atoms with E-state index in [1.54, 1.807) is 43.3 Å². The van der Waals surface area contributed by atoms with Crippen molar-refractivity contribution in [3.05, 3.63) is 68.2 Å². The van der Waals surface area contributed by atoms with Gasteiger partial charge in [-0.25, -0.2) is 0 Å². The highest BCUT2D eigenvalue weighted by molar-refractivity contribution is 6.36. The Bertz CT molecular complexity index is 843. The van der Waals surface area contributed by atoms with Crippen LogP contribution in [-0.2, 0) is 4.79 Å². The van der Waals surface area contributed by atoms with Crippen LogP contribution in [0.4, 0.5) is 11.4 Å². The van der Waals surface area contributed by atoms with E-state index in [-0.39, 0.29) is 11.6 Å². The first-order chi connectivity index (χ1) is 10.5. The predicted octanol–water partition coefficient (Wildman–Crippen LogP) is 4.05. The maximum Gasteiger partial charge on any atom is 0.272 e. The number of carbonyl (C=O) groups excluding carboxylic acids is 1. The molecule has 0 aromatic heterocycles. The topological polar surface area (TPSA) is 72.2 Å². The minimum Gasteiger partial charge on any atom is -0.321 e. The quantitative estimate of drug-likeness (QED) is 0.516. The summed E-state index contributed by atoms with van der Waals surface area (Å²) in [6, 6.07) is 10.0. The summed E-state index contributed by atoms with van der Waals surface area (Å²) in [5.41, 5.74) is 3.05. The van der Waals surface area contributed by atoms with Gasteiger partial charge in [0.05, 0.1) is 10.6 Å². The third-order valence-corrected chi connectivity index (χ3v) is 3.74. The van der Waals surface area contributed by atoms with Crippen LogP contribution in [0.25, 0.3) is 11.6 Å². The smallest absolute Gasteiger partial charge is 0.272 e. The molecule has 6 heteroatoms.